The lowest BCUT2D eigenvalue weighted by Gasteiger charge is -2.22. The number of hydrogen-bond acceptors (Lipinski definition) is 4. The van der Waals surface area contributed by atoms with Crippen molar-refractivity contribution in [2.45, 2.75) is 20.4 Å². The van der Waals surface area contributed by atoms with E-state index in [2.05, 4.69) is 10.6 Å². The van der Waals surface area contributed by atoms with E-state index in [0.29, 0.717) is 17.9 Å². The first-order valence-electron chi connectivity index (χ1n) is 8.35. The van der Waals surface area contributed by atoms with Crippen LogP contribution in [0.1, 0.15) is 19.4 Å². The number of carbonyl (C=O) groups excluding carboxylic acids is 1. The molecule has 0 saturated heterocycles. The molecule has 2 rings (SSSR count). The molecule has 0 aromatic heterocycles. The number of amides is 1. The third-order valence-corrected chi connectivity index (χ3v) is 3.90. The zero-order valence-electron chi connectivity index (χ0n) is 14.6. The number of benzene rings is 2. The molecule has 0 aliphatic rings. The summed E-state index contributed by atoms with van der Waals surface area (Å²) in [5, 5.41) is 14.6. The van der Waals surface area contributed by atoms with E-state index in [1.165, 1.54) is 6.07 Å². The Labute approximate surface area is 147 Å². The van der Waals surface area contributed by atoms with Gasteiger partial charge in [0, 0.05) is 31.0 Å². The van der Waals surface area contributed by atoms with Crippen molar-refractivity contribution in [2.24, 2.45) is 0 Å². The number of nitrogens with zero attached hydrogens (tertiary/aromatic N) is 1. The molecule has 134 valence electrons. The fourth-order valence-electron chi connectivity index (χ4n) is 2.59. The van der Waals surface area contributed by atoms with E-state index in [1.54, 1.807) is 24.3 Å². The van der Waals surface area contributed by atoms with E-state index in [9.17, 15) is 9.18 Å². The summed E-state index contributed by atoms with van der Waals surface area (Å²) in [6, 6.07) is 12.4. The number of hydrogen-bond donors (Lipinski definition) is 3. The van der Waals surface area contributed by atoms with Gasteiger partial charge in [0.05, 0.1) is 5.69 Å². The molecular formula is C19H24FN3O2. The predicted molar refractivity (Wildman–Crippen MR) is 99.4 cm³/mol. The van der Waals surface area contributed by atoms with Crippen LogP contribution in [0.15, 0.2) is 42.5 Å². The summed E-state index contributed by atoms with van der Waals surface area (Å²) < 4.78 is 14.3. The van der Waals surface area contributed by atoms with Crippen molar-refractivity contribution < 1.29 is 14.3 Å². The van der Waals surface area contributed by atoms with Crippen LogP contribution >= 0.6 is 0 Å². The Kier molecular flexibility index (Phi) is 6.77. The maximum Gasteiger partial charge on any atom is 0.250 e. The first-order chi connectivity index (χ1) is 12.1. The van der Waals surface area contributed by atoms with E-state index < -0.39 is 12.5 Å². The van der Waals surface area contributed by atoms with Crippen LogP contribution in [0, 0.1) is 5.82 Å². The van der Waals surface area contributed by atoms with Gasteiger partial charge in [-0.3, -0.25) is 4.79 Å². The molecule has 0 saturated carbocycles. The minimum Gasteiger partial charge on any atom is -0.387 e. The fourth-order valence-corrected chi connectivity index (χ4v) is 2.59. The van der Waals surface area contributed by atoms with Gasteiger partial charge in [-0.05, 0) is 49.7 Å². The van der Waals surface area contributed by atoms with Crippen molar-refractivity contribution in [3.8, 4) is 0 Å². The van der Waals surface area contributed by atoms with Crippen molar-refractivity contribution in [2.75, 3.05) is 35.2 Å². The van der Waals surface area contributed by atoms with Gasteiger partial charge in [-0.25, -0.2) is 4.39 Å². The summed E-state index contributed by atoms with van der Waals surface area (Å²) in [4.78, 5) is 13.2. The predicted octanol–water partition coefficient (Wildman–Crippen LogP) is 3.21. The second-order valence-electron chi connectivity index (χ2n) is 5.60. The van der Waals surface area contributed by atoms with E-state index in [1.807, 2.05) is 30.9 Å². The Hall–Kier alpha value is -2.60. The summed E-state index contributed by atoms with van der Waals surface area (Å²) in [7, 11) is 0. The van der Waals surface area contributed by atoms with Crippen LogP contribution < -0.4 is 15.5 Å². The molecule has 0 spiro atoms. The SMILES string of the molecule is CCN(CC)c1ccc(CNc2cccc(NC(=O)CO)c2)cc1F. The molecule has 5 nitrogen and oxygen atoms in total. The quantitative estimate of drug-likeness (QED) is 0.687. The van der Waals surface area contributed by atoms with Crippen LogP contribution in [0.2, 0.25) is 0 Å². The molecule has 0 atom stereocenters. The van der Waals surface area contributed by atoms with Crippen molar-refractivity contribution in [1.29, 1.82) is 0 Å². The average molecular weight is 345 g/mol. The van der Waals surface area contributed by atoms with Crippen LogP contribution in [0.25, 0.3) is 0 Å². The van der Waals surface area contributed by atoms with Crippen molar-refractivity contribution in [3.63, 3.8) is 0 Å². The molecule has 0 bridgehead atoms. The third kappa shape index (κ3) is 5.19. The molecule has 2 aromatic carbocycles. The zero-order valence-corrected chi connectivity index (χ0v) is 14.6. The highest BCUT2D eigenvalue weighted by Crippen LogP contribution is 2.21. The molecule has 0 aliphatic carbocycles. The lowest BCUT2D eigenvalue weighted by Crippen LogP contribution is -2.23. The zero-order chi connectivity index (χ0) is 18.2. The Morgan fingerprint density at radius 2 is 1.84 bits per heavy atom. The van der Waals surface area contributed by atoms with Crippen LogP contribution in [-0.2, 0) is 11.3 Å². The number of carbonyl (C=O) groups is 1. The summed E-state index contributed by atoms with van der Waals surface area (Å²) in [5.41, 5.74) is 2.83. The summed E-state index contributed by atoms with van der Waals surface area (Å²) in [6.45, 7) is 5.43. The monoisotopic (exact) mass is 345 g/mol. The van der Waals surface area contributed by atoms with Gasteiger partial charge in [-0.15, -0.1) is 0 Å². The van der Waals surface area contributed by atoms with E-state index in [0.717, 1.165) is 24.3 Å². The molecule has 3 N–H and O–H groups in total. The molecular weight excluding hydrogens is 321 g/mol. The Bertz CT molecular complexity index is 718. The van der Waals surface area contributed by atoms with Gasteiger partial charge in [-0.1, -0.05) is 12.1 Å². The molecule has 2 aromatic rings. The number of halogens is 1. The van der Waals surface area contributed by atoms with Gasteiger partial charge in [0.15, 0.2) is 0 Å². The fraction of sp³-hybridized carbons (Fsp3) is 0.316. The molecule has 0 radical (unpaired) electrons. The molecule has 25 heavy (non-hydrogen) atoms. The summed E-state index contributed by atoms with van der Waals surface area (Å²) in [6.07, 6.45) is 0. The molecule has 0 aliphatic heterocycles. The van der Waals surface area contributed by atoms with Gasteiger partial charge >= 0.3 is 0 Å². The van der Waals surface area contributed by atoms with Gasteiger partial charge < -0.3 is 20.6 Å². The van der Waals surface area contributed by atoms with Crippen LogP contribution in [0.3, 0.4) is 0 Å². The van der Waals surface area contributed by atoms with Crippen molar-refractivity contribution in [1.82, 2.24) is 0 Å². The minimum atomic E-state index is -0.560. The largest absolute Gasteiger partial charge is 0.387 e. The van der Waals surface area contributed by atoms with Crippen LogP contribution in [-0.4, -0.2) is 30.7 Å². The highest BCUT2D eigenvalue weighted by molar-refractivity contribution is 5.91. The van der Waals surface area contributed by atoms with E-state index in [4.69, 9.17) is 5.11 Å². The number of nitrogens with one attached hydrogen (secondary N) is 2. The molecule has 1 amide bonds. The lowest BCUT2D eigenvalue weighted by molar-refractivity contribution is -0.118. The molecule has 0 fully saturated rings. The van der Waals surface area contributed by atoms with E-state index >= 15 is 0 Å². The van der Waals surface area contributed by atoms with Crippen LogP contribution in [0.5, 0.6) is 0 Å². The van der Waals surface area contributed by atoms with Gasteiger partial charge in [-0.2, -0.15) is 0 Å². The summed E-state index contributed by atoms with van der Waals surface area (Å²) >= 11 is 0. The standard InChI is InChI=1S/C19H24FN3O2/c1-3-23(4-2)18-9-8-14(10-17(18)20)12-21-15-6-5-7-16(11-15)22-19(25)13-24/h5-11,21,24H,3-4,12-13H2,1-2H3,(H,22,25). The van der Waals surface area contributed by atoms with Gasteiger partial charge in [0.1, 0.15) is 12.4 Å². The second kappa shape index (κ2) is 9.03. The van der Waals surface area contributed by atoms with Crippen molar-refractivity contribution in [3.05, 3.63) is 53.8 Å². The first-order valence-corrected chi connectivity index (χ1v) is 8.35. The normalized spacial score (nSPS) is 10.4. The van der Waals surface area contributed by atoms with Gasteiger partial charge in [0.25, 0.3) is 0 Å². The molecule has 6 heteroatoms. The van der Waals surface area contributed by atoms with Crippen LogP contribution in [0.4, 0.5) is 21.5 Å². The third-order valence-electron chi connectivity index (χ3n) is 3.90. The lowest BCUT2D eigenvalue weighted by atomic mass is 10.1. The number of anilines is 3. The Balaban J connectivity index is 2.03. The second-order valence-corrected chi connectivity index (χ2v) is 5.60. The highest BCUT2D eigenvalue weighted by Gasteiger charge is 2.09. The maximum atomic E-state index is 14.3. The number of rotatable bonds is 8. The van der Waals surface area contributed by atoms with E-state index in [-0.39, 0.29) is 5.82 Å². The smallest absolute Gasteiger partial charge is 0.250 e. The number of aliphatic hydroxyl groups is 1. The maximum absolute atomic E-state index is 14.3. The van der Waals surface area contributed by atoms with Crippen molar-refractivity contribution >= 4 is 23.0 Å². The first kappa shape index (κ1) is 18.7. The average Bonchev–Trinajstić information content (AvgIpc) is 2.62. The molecule has 0 unspecified atom stereocenters. The Morgan fingerprint density at radius 1 is 1.12 bits per heavy atom. The topological polar surface area (TPSA) is 64.6 Å². The highest BCUT2D eigenvalue weighted by atomic mass is 19.1. The minimum absolute atomic E-state index is 0.230. The van der Waals surface area contributed by atoms with Gasteiger partial charge in [0.2, 0.25) is 5.91 Å². The molecule has 0 heterocycles. The Morgan fingerprint density at radius 3 is 2.48 bits per heavy atom. The summed E-state index contributed by atoms with van der Waals surface area (Å²) in [5.74, 6) is -0.696. The number of aliphatic hydroxyl groups excluding tert-OH is 1.